The predicted octanol–water partition coefficient (Wildman–Crippen LogP) is 3.45. The van der Waals surface area contributed by atoms with Gasteiger partial charge in [0.1, 0.15) is 0 Å². The zero-order chi connectivity index (χ0) is 19.0. The van der Waals surface area contributed by atoms with Crippen LogP contribution in [0.3, 0.4) is 0 Å². The minimum Gasteiger partial charge on any atom is -0.273 e. The molecular formula is C20H18N2O3S2. The molecule has 0 unspecified atom stereocenters. The number of thiophene rings is 1. The zero-order valence-corrected chi connectivity index (χ0v) is 16.3. The molecule has 0 atom stereocenters. The van der Waals surface area contributed by atoms with E-state index in [4.69, 9.17) is 0 Å². The molecule has 4 rings (SSSR count). The van der Waals surface area contributed by atoms with E-state index in [9.17, 15) is 13.2 Å². The number of nitrogens with one attached hydrogen (secondary N) is 2. The lowest BCUT2D eigenvalue weighted by Crippen LogP contribution is -2.41. The van der Waals surface area contributed by atoms with Gasteiger partial charge in [-0.05, 0) is 54.7 Å². The van der Waals surface area contributed by atoms with E-state index in [2.05, 4.69) is 22.4 Å². The molecule has 0 bridgehead atoms. The average Bonchev–Trinajstić information content (AvgIpc) is 3.11. The van der Waals surface area contributed by atoms with Crippen molar-refractivity contribution in [1.29, 1.82) is 0 Å². The second kappa shape index (κ2) is 6.92. The Morgan fingerprint density at radius 1 is 1.00 bits per heavy atom. The molecule has 2 aromatic carbocycles. The highest BCUT2D eigenvalue weighted by molar-refractivity contribution is 7.89. The Kier molecular flexibility index (Phi) is 4.59. The van der Waals surface area contributed by atoms with Gasteiger partial charge in [0.05, 0.1) is 9.77 Å². The van der Waals surface area contributed by atoms with Gasteiger partial charge in [-0.2, -0.15) is 0 Å². The van der Waals surface area contributed by atoms with E-state index in [1.54, 1.807) is 12.1 Å². The van der Waals surface area contributed by atoms with Gasteiger partial charge in [0.25, 0.3) is 15.9 Å². The number of benzene rings is 2. The molecule has 0 spiro atoms. The van der Waals surface area contributed by atoms with Crippen molar-refractivity contribution in [2.75, 3.05) is 0 Å². The maximum Gasteiger partial charge on any atom is 0.276 e. The summed E-state index contributed by atoms with van der Waals surface area (Å²) in [7, 11) is -3.81. The minimum absolute atomic E-state index is 0.104. The number of rotatable bonds is 4. The summed E-state index contributed by atoms with van der Waals surface area (Å²) in [6.45, 7) is 1.88. The first-order chi connectivity index (χ1) is 12.9. The van der Waals surface area contributed by atoms with E-state index >= 15 is 0 Å². The Balaban J connectivity index is 1.52. The lowest BCUT2D eigenvalue weighted by atomic mass is 9.91. The molecule has 0 fully saturated rings. The monoisotopic (exact) mass is 398 g/mol. The molecule has 5 nitrogen and oxygen atoms in total. The minimum atomic E-state index is -3.81. The molecule has 2 N–H and O–H groups in total. The van der Waals surface area contributed by atoms with Crippen molar-refractivity contribution in [3.8, 4) is 10.4 Å². The standard InChI is InChI=1S/C20H18N2O3S2/c1-13-6-10-16(11-7-13)27(24,25)22-21-20(23)18-12-15-9-8-14-4-2-3-5-17(14)19(15)26-18/h2-7,10-12,22H,8-9H2,1H3,(H,21,23). The van der Waals surface area contributed by atoms with Gasteiger partial charge in [0.2, 0.25) is 0 Å². The average molecular weight is 399 g/mol. The summed E-state index contributed by atoms with van der Waals surface area (Å²) < 4.78 is 24.6. The van der Waals surface area contributed by atoms with Crippen LogP contribution in [0.2, 0.25) is 0 Å². The largest absolute Gasteiger partial charge is 0.276 e. The second-order valence-corrected chi connectivity index (χ2v) is 9.23. The van der Waals surface area contributed by atoms with E-state index in [0.717, 1.165) is 34.4 Å². The van der Waals surface area contributed by atoms with Crippen LogP contribution in [0, 0.1) is 6.92 Å². The van der Waals surface area contributed by atoms with Gasteiger partial charge in [0, 0.05) is 4.88 Å². The highest BCUT2D eigenvalue weighted by atomic mass is 32.2. The smallest absolute Gasteiger partial charge is 0.273 e. The number of hydrogen-bond donors (Lipinski definition) is 2. The third-order valence-corrected chi connectivity index (χ3v) is 7.06. The molecular weight excluding hydrogens is 380 g/mol. The van der Waals surface area contributed by atoms with Crippen molar-refractivity contribution >= 4 is 27.3 Å². The van der Waals surface area contributed by atoms with Gasteiger partial charge >= 0.3 is 0 Å². The van der Waals surface area contributed by atoms with Gasteiger partial charge in [-0.1, -0.05) is 42.0 Å². The van der Waals surface area contributed by atoms with Crippen LogP contribution in [0.25, 0.3) is 10.4 Å². The summed E-state index contributed by atoms with van der Waals surface area (Å²) in [5.74, 6) is -0.456. The Morgan fingerprint density at radius 3 is 2.48 bits per heavy atom. The number of hydrazine groups is 1. The number of carbonyl (C=O) groups is 1. The van der Waals surface area contributed by atoms with Crippen molar-refractivity contribution < 1.29 is 13.2 Å². The molecule has 0 saturated heterocycles. The van der Waals surface area contributed by atoms with Crippen LogP contribution in [0.1, 0.15) is 26.4 Å². The van der Waals surface area contributed by atoms with Crippen LogP contribution in [-0.2, 0) is 22.9 Å². The van der Waals surface area contributed by atoms with Crippen LogP contribution < -0.4 is 10.3 Å². The summed E-state index contributed by atoms with van der Waals surface area (Å²) in [6, 6.07) is 16.5. The first kappa shape index (κ1) is 17.9. The van der Waals surface area contributed by atoms with Crippen molar-refractivity contribution in [1.82, 2.24) is 10.3 Å². The van der Waals surface area contributed by atoms with Crippen molar-refractivity contribution in [2.24, 2.45) is 0 Å². The molecule has 1 aliphatic carbocycles. The summed E-state index contributed by atoms with van der Waals surface area (Å²) in [6.07, 6.45) is 1.83. The first-order valence-electron chi connectivity index (χ1n) is 8.54. The normalized spacial score (nSPS) is 12.9. The Labute approximate surface area is 162 Å². The number of aryl methyl sites for hydroxylation is 3. The highest BCUT2D eigenvalue weighted by Gasteiger charge is 2.22. The van der Waals surface area contributed by atoms with Gasteiger partial charge in [-0.3, -0.25) is 10.2 Å². The van der Waals surface area contributed by atoms with Crippen LogP contribution in [-0.4, -0.2) is 14.3 Å². The molecule has 1 aromatic heterocycles. The fraction of sp³-hybridized carbons (Fsp3) is 0.150. The lowest BCUT2D eigenvalue weighted by molar-refractivity contribution is 0.0949. The molecule has 0 radical (unpaired) electrons. The Bertz CT molecular complexity index is 1120. The summed E-state index contributed by atoms with van der Waals surface area (Å²) >= 11 is 1.39. The van der Waals surface area contributed by atoms with E-state index in [0.29, 0.717) is 4.88 Å². The van der Waals surface area contributed by atoms with Crippen LogP contribution in [0.4, 0.5) is 0 Å². The van der Waals surface area contributed by atoms with Gasteiger partial charge in [-0.15, -0.1) is 16.2 Å². The quantitative estimate of drug-likeness (QED) is 0.661. The molecule has 27 heavy (non-hydrogen) atoms. The van der Waals surface area contributed by atoms with Crippen molar-refractivity contribution in [3.05, 3.63) is 76.2 Å². The zero-order valence-electron chi connectivity index (χ0n) is 14.7. The fourth-order valence-electron chi connectivity index (χ4n) is 3.13. The fourth-order valence-corrected chi connectivity index (χ4v) is 5.14. The first-order valence-corrected chi connectivity index (χ1v) is 10.8. The molecule has 0 saturated carbocycles. The van der Waals surface area contributed by atoms with E-state index in [1.807, 2.05) is 25.1 Å². The molecule has 1 amide bonds. The van der Waals surface area contributed by atoms with Crippen molar-refractivity contribution in [3.63, 3.8) is 0 Å². The molecule has 1 heterocycles. The maximum atomic E-state index is 12.5. The van der Waals surface area contributed by atoms with E-state index in [-0.39, 0.29) is 4.90 Å². The molecule has 138 valence electrons. The Morgan fingerprint density at radius 2 is 1.70 bits per heavy atom. The lowest BCUT2D eigenvalue weighted by Gasteiger charge is -2.15. The van der Waals surface area contributed by atoms with Gasteiger partial charge in [-0.25, -0.2) is 8.42 Å². The second-order valence-electron chi connectivity index (χ2n) is 6.49. The van der Waals surface area contributed by atoms with E-state index in [1.165, 1.54) is 29.0 Å². The van der Waals surface area contributed by atoms with Crippen molar-refractivity contribution in [2.45, 2.75) is 24.7 Å². The number of fused-ring (bicyclic) bond motifs is 3. The summed E-state index contributed by atoms with van der Waals surface area (Å²) in [5, 5.41) is 0. The Hall–Kier alpha value is -2.48. The third-order valence-electron chi connectivity index (χ3n) is 4.59. The maximum absolute atomic E-state index is 12.5. The van der Waals surface area contributed by atoms with E-state index < -0.39 is 15.9 Å². The number of sulfonamides is 1. The number of carbonyl (C=O) groups excluding carboxylic acids is 1. The topological polar surface area (TPSA) is 75.3 Å². The number of hydrogen-bond acceptors (Lipinski definition) is 4. The molecule has 0 aliphatic heterocycles. The van der Waals surface area contributed by atoms with Crippen LogP contribution >= 0.6 is 11.3 Å². The van der Waals surface area contributed by atoms with Gasteiger partial charge < -0.3 is 0 Å². The van der Waals surface area contributed by atoms with Crippen LogP contribution in [0.5, 0.6) is 0 Å². The van der Waals surface area contributed by atoms with Crippen LogP contribution in [0.15, 0.2) is 59.5 Å². The summed E-state index contributed by atoms with van der Waals surface area (Å²) in [5.41, 5.74) is 6.84. The van der Waals surface area contributed by atoms with Gasteiger partial charge in [0.15, 0.2) is 0 Å². The summed E-state index contributed by atoms with van der Waals surface area (Å²) in [4.78, 5) is 16.3. The highest BCUT2D eigenvalue weighted by Crippen LogP contribution is 2.39. The molecule has 1 aliphatic rings. The third kappa shape index (κ3) is 3.53. The predicted molar refractivity (Wildman–Crippen MR) is 106 cm³/mol. The molecule has 3 aromatic rings. The molecule has 7 heteroatoms. The SMILES string of the molecule is Cc1ccc(S(=O)(=O)NNC(=O)c2cc3c(s2)-c2ccccc2CC3)cc1. The number of amides is 1.